The molecule has 114 valence electrons. The van der Waals surface area contributed by atoms with Gasteiger partial charge in [0, 0.05) is 23.7 Å². The molecule has 1 saturated carbocycles. The van der Waals surface area contributed by atoms with Crippen LogP contribution in [0.25, 0.3) is 0 Å². The SMILES string of the molecule is Cc1nc(C)c(C(C)NCc2ccn(C3CCCC3)n2)s1. The van der Waals surface area contributed by atoms with E-state index in [0.29, 0.717) is 12.1 Å². The molecule has 1 aliphatic rings. The Morgan fingerprint density at radius 1 is 1.38 bits per heavy atom. The van der Waals surface area contributed by atoms with Crippen LogP contribution < -0.4 is 5.32 Å². The zero-order valence-corrected chi connectivity index (χ0v) is 13.9. The number of thiazole rings is 1. The highest BCUT2D eigenvalue weighted by Gasteiger charge is 2.18. The number of aryl methyl sites for hydroxylation is 2. The van der Waals surface area contributed by atoms with Crippen LogP contribution >= 0.6 is 11.3 Å². The molecule has 5 heteroatoms. The summed E-state index contributed by atoms with van der Waals surface area (Å²) in [6, 6.07) is 3.10. The molecule has 4 nitrogen and oxygen atoms in total. The van der Waals surface area contributed by atoms with Gasteiger partial charge in [0.25, 0.3) is 0 Å². The third kappa shape index (κ3) is 3.35. The molecule has 1 unspecified atom stereocenters. The van der Waals surface area contributed by atoms with E-state index in [1.165, 1.54) is 30.6 Å². The fraction of sp³-hybridized carbons (Fsp3) is 0.625. The Bertz CT molecular complexity index is 595. The van der Waals surface area contributed by atoms with E-state index in [1.807, 2.05) is 0 Å². The molecular formula is C16H24N4S. The summed E-state index contributed by atoms with van der Waals surface area (Å²) in [6.45, 7) is 7.17. The maximum atomic E-state index is 4.73. The number of aromatic nitrogens is 3. The molecule has 1 aliphatic carbocycles. The number of hydrogen-bond donors (Lipinski definition) is 1. The molecule has 0 bridgehead atoms. The van der Waals surface area contributed by atoms with Crippen LogP contribution in [-0.4, -0.2) is 14.8 Å². The molecule has 2 aromatic rings. The normalized spacial score (nSPS) is 17.5. The van der Waals surface area contributed by atoms with Crippen molar-refractivity contribution < 1.29 is 0 Å². The summed E-state index contributed by atoms with van der Waals surface area (Å²) < 4.78 is 2.16. The van der Waals surface area contributed by atoms with Gasteiger partial charge in [0.2, 0.25) is 0 Å². The maximum Gasteiger partial charge on any atom is 0.0900 e. The zero-order chi connectivity index (χ0) is 14.8. The standard InChI is InChI=1S/C16H24N4S/c1-11(16-12(2)18-13(3)21-16)17-10-14-8-9-20(19-14)15-6-4-5-7-15/h8-9,11,15,17H,4-7,10H2,1-3H3. The van der Waals surface area contributed by atoms with Crippen molar-refractivity contribution in [2.24, 2.45) is 0 Å². The molecule has 1 N–H and O–H groups in total. The summed E-state index contributed by atoms with van der Waals surface area (Å²) in [5, 5.41) is 9.44. The van der Waals surface area contributed by atoms with E-state index in [1.54, 1.807) is 11.3 Å². The van der Waals surface area contributed by atoms with Gasteiger partial charge in [-0.25, -0.2) is 4.98 Å². The molecule has 3 rings (SSSR count). The van der Waals surface area contributed by atoms with Gasteiger partial charge in [-0.1, -0.05) is 12.8 Å². The van der Waals surface area contributed by atoms with E-state index in [4.69, 9.17) is 5.10 Å². The summed E-state index contributed by atoms with van der Waals surface area (Å²) in [6.07, 6.45) is 7.40. The predicted molar refractivity (Wildman–Crippen MR) is 86.6 cm³/mol. The fourth-order valence-electron chi connectivity index (χ4n) is 3.14. The molecule has 1 fully saturated rings. The van der Waals surface area contributed by atoms with Gasteiger partial charge in [0.15, 0.2) is 0 Å². The number of nitrogens with one attached hydrogen (secondary N) is 1. The van der Waals surface area contributed by atoms with Gasteiger partial charge in [-0.2, -0.15) is 5.10 Å². The monoisotopic (exact) mass is 304 g/mol. The Kier molecular flexibility index (Phi) is 4.40. The highest BCUT2D eigenvalue weighted by Crippen LogP contribution is 2.29. The maximum absolute atomic E-state index is 4.73. The number of rotatable bonds is 5. The highest BCUT2D eigenvalue weighted by molar-refractivity contribution is 7.11. The second kappa shape index (κ2) is 6.28. The molecule has 0 saturated heterocycles. The minimum absolute atomic E-state index is 0.327. The molecule has 2 heterocycles. The quantitative estimate of drug-likeness (QED) is 0.910. The lowest BCUT2D eigenvalue weighted by Crippen LogP contribution is -2.18. The fourth-order valence-corrected chi connectivity index (χ4v) is 4.10. The zero-order valence-electron chi connectivity index (χ0n) is 13.1. The average Bonchev–Trinajstić information content (AvgIpc) is 3.15. The molecule has 21 heavy (non-hydrogen) atoms. The summed E-state index contributed by atoms with van der Waals surface area (Å²) in [5.41, 5.74) is 2.28. The lowest BCUT2D eigenvalue weighted by Gasteiger charge is -2.12. The summed E-state index contributed by atoms with van der Waals surface area (Å²) >= 11 is 1.78. The molecule has 0 aromatic carbocycles. The second-order valence-corrected chi connectivity index (χ2v) is 7.25. The molecule has 1 atom stereocenters. The molecule has 0 amide bonds. The largest absolute Gasteiger partial charge is 0.304 e. The van der Waals surface area contributed by atoms with Gasteiger partial charge in [-0.3, -0.25) is 4.68 Å². The molecule has 2 aromatic heterocycles. The summed E-state index contributed by atoms with van der Waals surface area (Å²) in [5.74, 6) is 0. The van der Waals surface area contributed by atoms with E-state index in [-0.39, 0.29) is 0 Å². The molecule has 0 radical (unpaired) electrons. The van der Waals surface area contributed by atoms with Crippen LogP contribution in [0.5, 0.6) is 0 Å². The van der Waals surface area contributed by atoms with Crippen molar-refractivity contribution in [1.29, 1.82) is 0 Å². The average molecular weight is 304 g/mol. The van der Waals surface area contributed by atoms with Crippen molar-refractivity contribution in [1.82, 2.24) is 20.1 Å². The van der Waals surface area contributed by atoms with E-state index >= 15 is 0 Å². The number of hydrogen-bond acceptors (Lipinski definition) is 4. The van der Waals surface area contributed by atoms with Crippen molar-refractivity contribution in [3.8, 4) is 0 Å². The van der Waals surface area contributed by atoms with Crippen LogP contribution in [0.2, 0.25) is 0 Å². The van der Waals surface area contributed by atoms with E-state index in [2.05, 4.69) is 48.0 Å². The van der Waals surface area contributed by atoms with Crippen LogP contribution in [0, 0.1) is 13.8 Å². The van der Waals surface area contributed by atoms with Crippen molar-refractivity contribution in [3.63, 3.8) is 0 Å². The predicted octanol–water partition coefficient (Wildman–Crippen LogP) is 3.92. The van der Waals surface area contributed by atoms with Crippen molar-refractivity contribution in [2.75, 3.05) is 0 Å². The van der Waals surface area contributed by atoms with Gasteiger partial charge in [-0.05, 0) is 39.7 Å². The minimum atomic E-state index is 0.327. The third-order valence-electron chi connectivity index (χ3n) is 4.28. The first-order valence-corrected chi connectivity index (χ1v) is 8.66. The van der Waals surface area contributed by atoms with Gasteiger partial charge < -0.3 is 5.32 Å². The Hall–Kier alpha value is -1.20. The lowest BCUT2D eigenvalue weighted by molar-refractivity contribution is 0.458. The van der Waals surface area contributed by atoms with Crippen LogP contribution in [0.4, 0.5) is 0 Å². The molecular weight excluding hydrogens is 280 g/mol. The van der Waals surface area contributed by atoms with E-state index in [0.717, 1.165) is 22.9 Å². The first-order valence-electron chi connectivity index (χ1n) is 7.85. The molecule has 0 spiro atoms. The summed E-state index contributed by atoms with van der Waals surface area (Å²) in [4.78, 5) is 5.84. The van der Waals surface area contributed by atoms with Crippen molar-refractivity contribution in [3.05, 3.63) is 33.5 Å². The van der Waals surface area contributed by atoms with Gasteiger partial charge in [0.05, 0.1) is 22.4 Å². The van der Waals surface area contributed by atoms with Crippen LogP contribution in [-0.2, 0) is 6.54 Å². The first kappa shape index (κ1) is 14.7. The number of nitrogens with zero attached hydrogens (tertiary/aromatic N) is 3. The van der Waals surface area contributed by atoms with Crippen LogP contribution in [0.3, 0.4) is 0 Å². The Morgan fingerprint density at radius 2 is 2.14 bits per heavy atom. The van der Waals surface area contributed by atoms with E-state index < -0.39 is 0 Å². The van der Waals surface area contributed by atoms with Crippen LogP contribution in [0.15, 0.2) is 12.3 Å². The van der Waals surface area contributed by atoms with Gasteiger partial charge >= 0.3 is 0 Å². The molecule has 0 aliphatic heterocycles. The van der Waals surface area contributed by atoms with Crippen molar-refractivity contribution >= 4 is 11.3 Å². The lowest BCUT2D eigenvalue weighted by atomic mass is 10.2. The highest BCUT2D eigenvalue weighted by atomic mass is 32.1. The first-order chi connectivity index (χ1) is 10.1. The van der Waals surface area contributed by atoms with E-state index in [9.17, 15) is 0 Å². The van der Waals surface area contributed by atoms with Crippen LogP contribution in [0.1, 0.15) is 66.0 Å². The third-order valence-corrected chi connectivity index (χ3v) is 5.54. The summed E-state index contributed by atoms with van der Waals surface area (Å²) in [7, 11) is 0. The second-order valence-electron chi connectivity index (χ2n) is 6.01. The Labute approximate surface area is 130 Å². The Balaban J connectivity index is 1.58. The van der Waals surface area contributed by atoms with Gasteiger partial charge in [0.1, 0.15) is 0 Å². The smallest absolute Gasteiger partial charge is 0.0900 e. The topological polar surface area (TPSA) is 42.7 Å². The van der Waals surface area contributed by atoms with Gasteiger partial charge in [-0.15, -0.1) is 11.3 Å². The minimum Gasteiger partial charge on any atom is -0.304 e. The van der Waals surface area contributed by atoms with Crippen molar-refractivity contribution in [2.45, 2.75) is 65.1 Å². The Morgan fingerprint density at radius 3 is 2.81 bits per heavy atom.